The summed E-state index contributed by atoms with van der Waals surface area (Å²) in [6, 6.07) is 7.60. The minimum atomic E-state index is -0.811. The molecule has 0 bridgehead atoms. The summed E-state index contributed by atoms with van der Waals surface area (Å²) in [6.07, 6.45) is 1.15. The molecule has 0 unspecified atom stereocenters. The number of nitrogens with one attached hydrogen (secondary N) is 1. The first kappa shape index (κ1) is 16.6. The number of aliphatic hydroxyl groups is 1. The predicted molar refractivity (Wildman–Crippen MR) is 85.6 cm³/mol. The molecule has 0 saturated carbocycles. The molecule has 116 valence electrons. The van der Waals surface area contributed by atoms with Crippen molar-refractivity contribution >= 4 is 29.3 Å². The molecule has 2 N–H and O–H groups in total. The zero-order valence-electron chi connectivity index (χ0n) is 11.8. The number of benzene rings is 1. The minimum absolute atomic E-state index is 0.0473. The summed E-state index contributed by atoms with van der Waals surface area (Å²) in [5, 5.41) is 13.8. The molecule has 2 rings (SSSR count). The van der Waals surface area contributed by atoms with E-state index >= 15 is 0 Å². The second kappa shape index (κ2) is 8.03. The molecule has 4 nitrogen and oxygen atoms in total. The number of carbonyl (C=O) groups is 1. The van der Waals surface area contributed by atoms with Crippen LogP contribution in [0.25, 0.3) is 0 Å². The molecule has 1 aliphatic rings. The van der Waals surface area contributed by atoms with Crippen LogP contribution in [0.1, 0.15) is 18.4 Å². The van der Waals surface area contributed by atoms with Gasteiger partial charge in [-0.2, -0.15) is 0 Å². The molecule has 1 heterocycles. The van der Waals surface area contributed by atoms with Crippen LogP contribution in [0.2, 0.25) is 5.02 Å². The molecule has 1 amide bonds. The molecular weight excluding hydrogens is 310 g/mol. The van der Waals surface area contributed by atoms with Crippen LogP contribution in [-0.2, 0) is 15.3 Å². The van der Waals surface area contributed by atoms with Crippen LogP contribution in [0.5, 0.6) is 0 Å². The van der Waals surface area contributed by atoms with Gasteiger partial charge in [-0.25, -0.2) is 0 Å². The first-order valence-corrected chi connectivity index (χ1v) is 8.50. The van der Waals surface area contributed by atoms with Gasteiger partial charge in [0.15, 0.2) is 0 Å². The molecule has 0 atom stereocenters. The Labute approximate surface area is 134 Å². The van der Waals surface area contributed by atoms with Crippen LogP contribution in [0, 0.1) is 0 Å². The molecule has 1 fully saturated rings. The normalized spacial score (nSPS) is 17.4. The number of halogens is 1. The number of hydrogen-bond acceptors (Lipinski definition) is 4. The lowest BCUT2D eigenvalue weighted by Gasteiger charge is -2.32. The van der Waals surface area contributed by atoms with Gasteiger partial charge in [0.25, 0.3) is 0 Å². The third-order valence-electron chi connectivity index (χ3n) is 3.45. The Morgan fingerprint density at radius 1 is 1.33 bits per heavy atom. The molecule has 1 aromatic carbocycles. The van der Waals surface area contributed by atoms with E-state index in [1.807, 2.05) is 24.3 Å². The molecule has 6 heteroatoms. The van der Waals surface area contributed by atoms with Gasteiger partial charge >= 0.3 is 0 Å². The average molecular weight is 330 g/mol. The Balaban J connectivity index is 1.64. The highest BCUT2D eigenvalue weighted by molar-refractivity contribution is 7.99. The fourth-order valence-electron chi connectivity index (χ4n) is 2.08. The van der Waals surface area contributed by atoms with Crippen LogP contribution in [0.4, 0.5) is 0 Å². The lowest BCUT2D eigenvalue weighted by Crippen LogP contribution is -2.47. The van der Waals surface area contributed by atoms with Gasteiger partial charge in [0, 0.05) is 43.4 Å². The van der Waals surface area contributed by atoms with Crippen LogP contribution in [-0.4, -0.2) is 42.1 Å². The third kappa shape index (κ3) is 5.87. The number of hydrogen-bond donors (Lipinski definition) is 2. The number of carbonyl (C=O) groups excluding carboxylic acids is 1. The Morgan fingerprint density at radius 2 is 2.00 bits per heavy atom. The summed E-state index contributed by atoms with van der Waals surface area (Å²) in [6.45, 7) is 1.41. The molecule has 1 aromatic rings. The fourth-order valence-corrected chi connectivity index (χ4v) is 3.03. The molecular formula is C15H20ClNO3S. The largest absolute Gasteiger partial charge is 0.388 e. The summed E-state index contributed by atoms with van der Waals surface area (Å²) in [5.74, 6) is 1.10. The summed E-state index contributed by atoms with van der Waals surface area (Å²) < 4.78 is 5.21. The number of ether oxygens (including phenoxy) is 1. The van der Waals surface area contributed by atoms with Gasteiger partial charge in [0.05, 0.1) is 11.4 Å². The molecule has 1 saturated heterocycles. The summed E-state index contributed by atoms with van der Waals surface area (Å²) in [7, 11) is 0. The zero-order chi connectivity index (χ0) is 15.1. The topological polar surface area (TPSA) is 58.6 Å². The molecule has 0 spiro atoms. The summed E-state index contributed by atoms with van der Waals surface area (Å²) in [4.78, 5) is 11.8. The highest BCUT2D eigenvalue weighted by Gasteiger charge is 2.29. The maximum atomic E-state index is 11.8. The highest BCUT2D eigenvalue weighted by Crippen LogP contribution is 2.19. The van der Waals surface area contributed by atoms with E-state index in [1.54, 1.807) is 11.8 Å². The first-order valence-electron chi connectivity index (χ1n) is 6.96. The Hall–Kier alpha value is -0.750. The monoisotopic (exact) mass is 329 g/mol. The molecule has 0 aliphatic carbocycles. The number of rotatable bonds is 6. The van der Waals surface area contributed by atoms with Crippen LogP contribution >= 0.6 is 23.4 Å². The fraction of sp³-hybridized carbons (Fsp3) is 0.533. The van der Waals surface area contributed by atoms with Gasteiger partial charge in [0.2, 0.25) is 5.91 Å². The van der Waals surface area contributed by atoms with Crippen molar-refractivity contribution in [1.82, 2.24) is 5.32 Å². The SMILES string of the molecule is O=C(CSCc1ccc(Cl)cc1)NCC1(O)CCOCC1. The molecule has 0 aromatic heterocycles. The minimum Gasteiger partial charge on any atom is -0.388 e. The standard InChI is InChI=1S/C15H20ClNO3S/c16-13-3-1-12(2-4-13)9-21-10-14(18)17-11-15(19)5-7-20-8-6-15/h1-4,19H,5-11H2,(H,17,18). The van der Waals surface area contributed by atoms with Gasteiger partial charge in [-0.3, -0.25) is 4.79 Å². The quantitative estimate of drug-likeness (QED) is 0.840. The van der Waals surface area contributed by atoms with Crippen molar-refractivity contribution in [2.45, 2.75) is 24.2 Å². The lowest BCUT2D eigenvalue weighted by atomic mass is 9.94. The molecule has 1 aliphatic heterocycles. The van der Waals surface area contributed by atoms with Gasteiger partial charge in [-0.1, -0.05) is 23.7 Å². The van der Waals surface area contributed by atoms with Gasteiger partial charge in [0.1, 0.15) is 0 Å². The third-order valence-corrected chi connectivity index (χ3v) is 4.71. The predicted octanol–water partition coefficient (Wildman–Crippen LogP) is 2.23. The van der Waals surface area contributed by atoms with Crippen molar-refractivity contribution in [2.75, 3.05) is 25.5 Å². The van der Waals surface area contributed by atoms with E-state index in [4.69, 9.17) is 16.3 Å². The molecule has 0 radical (unpaired) electrons. The number of amides is 1. The second-order valence-electron chi connectivity index (χ2n) is 5.23. The zero-order valence-corrected chi connectivity index (χ0v) is 13.4. The Morgan fingerprint density at radius 3 is 2.67 bits per heavy atom. The van der Waals surface area contributed by atoms with Crippen molar-refractivity contribution in [3.63, 3.8) is 0 Å². The van der Waals surface area contributed by atoms with Crippen LogP contribution in [0.15, 0.2) is 24.3 Å². The second-order valence-corrected chi connectivity index (χ2v) is 6.65. The maximum Gasteiger partial charge on any atom is 0.230 e. The van der Waals surface area contributed by atoms with Gasteiger partial charge in [-0.05, 0) is 17.7 Å². The maximum absolute atomic E-state index is 11.8. The van der Waals surface area contributed by atoms with Crippen molar-refractivity contribution in [1.29, 1.82) is 0 Å². The highest BCUT2D eigenvalue weighted by atomic mass is 35.5. The summed E-state index contributed by atoms with van der Waals surface area (Å²) >= 11 is 7.37. The molecule has 21 heavy (non-hydrogen) atoms. The number of thioether (sulfide) groups is 1. The average Bonchev–Trinajstić information content (AvgIpc) is 2.48. The van der Waals surface area contributed by atoms with Crippen molar-refractivity contribution in [2.24, 2.45) is 0 Å². The van der Waals surface area contributed by atoms with Gasteiger partial charge < -0.3 is 15.2 Å². The van der Waals surface area contributed by atoms with E-state index < -0.39 is 5.60 Å². The Kier molecular flexibility index (Phi) is 6.36. The van der Waals surface area contributed by atoms with Gasteiger partial charge in [-0.15, -0.1) is 11.8 Å². The van der Waals surface area contributed by atoms with Crippen molar-refractivity contribution < 1.29 is 14.6 Å². The van der Waals surface area contributed by atoms with E-state index in [-0.39, 0.29) is 5.91 Å². The van der Waals surface area contributed by atoms with E-state index in [1.165, 1.54) is 0 Å². The van der Waals surface area contributed by atoms with E-state index in [0.29, 0.717) is 43.4 Å². The van der Waals surface area contributed by atoms with Crippen LogP contribution < -0.4 is 5.32 Å². The van der Waals surface area contributed by atoms with E-state index in [0.717, 1.165) is 11.3 Å². The van der Waals surface area contributed by atoms with E-state index in [2.05, 4.69) is 5.32 Å². The lowest BCUT2D eigenvalue weighted by molar-refractivity contribution is -0.121. The Bertz CT molecular complexity index is 460. The van der Waals surface area contributed by atoms with E-state index in [9.17, 15) is 9.90 Å². The summed E-state index contributed by atoms with van der Waals surface area (Å²) in [5.41, 5.74) is 0.328. The van der Waals surface area contributed by atoms with Crippen molar-refractivity contribution in [3.8, 4) is 0 Å². The smallest absolute Gasteiger partial charge is 0.230 e. The van der Waals surface area contributed by atoms with Crippen LogP contribution in [0.3, 0.4) is 0 Å². The van der Waals surface area contributed by atoms with Crippen molar-refractivity contribution in [3.05, 3.63) is 34.9 Å². The first-order chi connectivity index (χ1) is 10.1.